The molecule has 32 heavy (non-hydrogen) atoms. The van der Waals surface area contributed by atoms with E-state index in [9.17, 15) is 4.79 Å². The first-order valence-electron chi connectivity index (χ1n) is 11.3. The van der Waals surface area contributed by atoms with Gasteiger partial charge in [0.1, 0.15) is 0 Å². The van der Waals surface area contributed by atoms with Gasteiger partial charge in [0, 0.05) is 17.9 Å². The minimum Gasteiger partial charge on any atom is -0.341 e. The first kappa shape index (κ1) is 20.3. The number of carbonyl (C=O) groups is 1. The van der Waals surface area contributed by atoms with E-state index in [0.717, 1.165) is 48.4 Å². The summed E-state index contributed by atoms with van der Waals surface area (Å²) in [6.45, 7) is 5.02. The molecule has 0 atom stereocenters. The van der Waals surface area contributed by atoms with E-state index in [1.807, 2.05) is 37.3 Å². The highest BCUT2D eigenvalue weighted by atomic mass is 16.2. The molecule has 0 bridgehead atoms. The number of amides is 1. The van der Waals surface area contributed by atoms with Crippen molar-refractivity contribution < 1.29 is 4.79 Å². The summed E-state index contributed by atoms with van der Waals surface area (Å²) < 4.78 is 0. The topological polar surface area (TPSA) is 35.9 Å². The van der Waals surface area contributed by atoms with Crippen molar-refractivity contribution in [3.05, 3.63) is 101 Å². The zero-order valence-electron chi connectivity index (χ0n) is 18.6. The largest absolute Gasteiger partial charge is 0.341 e. The monoisotopic (exact) mass is 421 g/mol. The third-order valence-electron chi connectivity index (χ3n) is 6.23. The molecule has 160 valence electrons. The summed E-state index contributed by atoms with van der Waals surface area (Å²) in [4.78, 5) is 15.6. The lowest BCUT2D eigenvalue weighted by Gasteiger charge is -2.30. The molecule has 2 aliphatic heterocycles. The fraction of sp³-hybridized carbons (Fsp3) is 0.214. The van der Waals surface area contributed by atoms with E-state index in [1.165, 1.54) is 27.5 Å². The Labute approximate surface area is 189 Å². The van der Waals surface area contributed by atoms with Crippen LogP contribution in [0.25, 0.3) is 6.08 Å². The fourth-order valence-corrected chi connectivity index (χ4v) is 4.73. The van der Waals surface area contributed by atoms with Crippen LogP contribution in [0, 0.1) is 0 Å². The smallest absolute Gasteiger partial charge is 0.280 e. The van der Waals surface area contributed by atoms with E-state index in [1.54, 1.807) is 0 Å². The zero-order valence-corrected chi connectivity index (χ0v) is 18.6. The summed E-state index contributed by atoms with van der Waals surface area (Å²) in [6.07, 6.45) is 11.8. The van der Waals surface area contributed by atoms with Crippen molar-refractivity contribution in [1.29, 1.82) is 0 Å². The van der Waals surface area contributed by atoms with Gasteiger partial charge in [-0.1, -0.05) is 48.6 Å². The summed E-state index contributed by atoms with van der Waals surface area (Å²) in [6, 6.07) is 18.1. The maximum absolute atomic E-state index is 13.2. The van der Waals surface area contributed by atoms with Gasteiger partial charge in [-0.05, 0) is 80.2 Å². The maximum atomic E-state index is 13.2. The molecule has 0 aromatic heterocycles. The van der Waals surface area contributed by atoms with Crippen molar-refractivity contribution >= 4 is 29.1 Å². The molecule has 0 N–H and O–H groups in total. The number of hydrazone groups is 1. The van der Waals surface area contributed by atoms with Crippen LogP contribution in [0.15, 0.2) is 100 Å². The number of benzene rings is 2. The SMILES string of the molecule is CCN1/C(=C/C2=CC(=C3\C(=O)N(c4ccccc4)N=C3C)/CCC2)C=Cc2ccccc21. The average Bonchev–Trinajstić information content (AvgIpc) is 3.13. The van der Waals surface area contributed by atoms with Gasteiger partial charge in [0.05, 0.1) is 17.0 Å². The number of para-hydroxylation sites is 2. The van der Waals surface area contributed by atoms with E-state index >= 15 is 0 Å². The molecular formula is C28H27N3O. The number of hydrogen-bond acceptors (Lipinski definition) is 3. The van der Waals surface area contributed by atoms with Gasteiger partial charge < -0.3 is 4.90 Å². The fourth-order valence-electron chi connectivity index (χ4n) is 4.73. The molecule has 1 amide bonds. The summed E-state index contributed by atoms with van der Waals surface area (Å²) >= 11 is 0. The third-order valence-corrected chi connectivity index (χ3v) is 6.23. The van der Waals surface area contributed by atoms with E-state index < -0.39 is 0 Å². The second-order valence-corrected chi connectivity index (χ2v) is 8.32. The van der Waals surface area contributed by atoms with Gasteiger partial charge in [-0.15, -0.1) is 0 Å². The van der Waals surface area contributed by atoms with Gasteiger partial charge in [0.2, 0.25) is 0 Å². The van der Waals surface area contributed by atoms with Gasteiger partial charge in [0.25, 0.3) is 5.91 Å². The summed E-state index contributed by atoms with van der Waals surface area (Å²) in [5.74, 6) is -0.0319. The molecular weight excluding hydrogens is 394 g/mol. The molecule has 0 spiro atoms. The van der Waals surface area contributed by atoms with Crippen molar-refractivity contribution in [3.63, 3.8) is 0 Å². The Morgan fingerprint density at radius 3 is 2.59 bits per heavy atom. The van der Waals surface area contributed by atoms with E-state index in [-0.39, 0.29) is 5.91 Å². The van der Waals surface area contributed by atoms with Gasteiger partial charge in [-0.25, -0.2) is 0 Å². The number of fused-ring (bicyclic) bond motifs is 1. The Morgan fingerprint density at radius 1 is 1.00 bits per heavy atom. The molecule has 0 unspecified atom stereocenters. The Balaban J connectivity index is 1.49. The molecule has 0 fully saturated rings. The Bertz CT molecular complexity index is 1210. The van der Waals surface area contributed by atoms with Gasteiger partial charge >= 0.3 is 0 Å². The first-order valence-corrected chi connectivity index (χ1v) is 11.3. The highest BCUT2D eigenvalue weighted by Crippen LogP contribution is 2.34. The second kappa shape index (κ2) is 8.46. The minimum absolute atomic E-state index is 0.0319. The lowest BCUT2D eigenvalue weighted by Crippen LogP contribution is -2.24. The van der Waals surface area contributed by atoms with Crippen LogP contribution >= 0.6 is 0 Å². The molecule has 2 heterocycles. The summed E-state index contributed by atoms with van der Waals surface area (Å²) in [7, 11) is 0. The second-order valence-electron chi connectivity index (χ2n) is 8.32. The summed E-state index contributed by atoms with van der Waals surface area (Å²) in [5.41, 5.74) is 8.38. The number of carbonyl (C=O) groups excluding carboxylic acids is 1. The number of anilines is 2. The van der Waals surface area contributed by atoms with Crippen LogP contribution in [0.4, 0.5) is 11.4 Å². The molecule has 1 aliphatic carbocycles. The van der Waals surface area contributed by atoms with E-state index in [2.05, 4.69) is 65.5 Å². The van der Waals surface area contributed by atoms with Crippen LogP contribution < -0.4 is 9.91 Å². The molecule has 0 saturated heterocycles. The van der Waals surface area contributed by atoms with Crippen molar-refractivity contribution in [2.45, 2.75) is 33.1 Å². The van der Waals surface area contributed by atoms with Crippen LogP contribution in [0.2, 0.25) is 0 Å². The Kier molecular flexibility index (Phi) is 5.36. The quantitative estimate of drug-likeness (QED) is 0.549. The number of rotatable bonds is 3. The highest BCUT2D eigenvalue weighted by molar-refractivity contribution is 6.30. The third kappa shape index (κ3) is 3.62. The summed E-state index contributed by atoms with van der Waals surface area (Å²) in [5, 5.41) is 6.09. The van der Waals surface area contributed by atoms with Gasteiger partial charge in [0.15, 0.2) is 0 Å². The molecule has 0 radical (unpaired) electrons. The van der Waals surface area contributed by atoms with Crippen LogP contribution in [0.3, 0.4) is 0 Å². The molecule has 4 heteroatoms. The number of allylic oxidation sites excluding steroid dienone is 5. The van der Waals surface area contributed by atoms with E-state index in [4.69, 9.17) is 0 Å². The number of hydrogen-bond donors (Lipinski definition) is 0. The lowest BCUT2D eigenvalue weighted by atomic mass is 9.89. The van der Waals surface area contributed by atoms with E-state index in [0.29, 0.717) is 0 Å². The van der Waals surface area contributed by atoms with Crippen LogP contribution in [-0.4, -0.2) is 18.2 Å². The Hall–Kier alpha value is -3.66. The highest BCUT2D eigenvalue weighted by Gasteiger charge is 2.31. The Morgan fingerprint density at radius 2 is 1.78 bits per heavy atom. The number of likely N-dealkylation sites (N-methyl/N-ethyl adjacent to an activating group) is 1. The molecule has 4 nitrogen and oxygen atoms in total. The normalized spacial score (nSPS) is 21.7. The zero-order chi connectivity index (χ0) is 22.1. The molecule has 3 aliphatic rings. The van der Waals surface area contributed by atoms with Crippen molar-refractivity contribution in [2.75, 3.05) is 16.5 Å². The average molecular weight is 422 g/mol. The van der Waals surface area contributed by atoms with Crippen molar-refractivity contribution in [3.8, 4) is 0 Å². The number of nitrogens with zero attached hydrogens (tertiary/aromatic N) is 3. The van der Waals surface area contributed by atoms with Crippen molar-refractivity contribution in [1.82, 2.24) is 0 Å². The molecule has 2 aromatic carbocycles. The van der Waals surface area contributed by atoms with Crippen LogP contribution in [0.5, 0.6) is 0 Å². The van der Waals surface area contributed by atoms with Crippen LogP contribution in [-0.2, 0) is 4.79 Å². The molecule has 2 aromatic rings. The van der Waals surface area contributed by atoms with Gasteiger partial charge in [-0.2, -0.15) is 10.1 Å². The first-order chi connectivity index (χ1) is 15.7. The lowest BCUT2D eigenvalue weighted by molar-refractivity contribution is -0.114. The molecule has 0 saturated carbocycles. The van der Waals surface area contributed by atoms with Gasteiger partial charge in [-0.3, -0.25) is 4.79 Å². The maximum Gasteiger partial charge on any atom is 0.280 e. The standard InChI is InChI=1S/C28H27N3O/c1-3-30-25(17-16-22-11-7-8-15-26(22)30)19-21-10-9-12-23(18-21)27-20(2)29-31(28(27)32)24-13-5-4-6-14-24/h4-8,11,13-19H,3,9-10,12H2,1-2H3/b25-19+,27-23-. The molecule has 5 rings (SSSR count). The minimum atomic E-state index is -0.0319. The van der Waals surface area contributed by atoms with Crippen LogP contribution in [0.1, 0.15) is 38.7 Å². The van der Waals surface area contributed by atoms with Crippen molar-refractivity contribution in [2.24, 2.45) is 5.10 Å². The predicted octanol–water partition coefficient (Wildman–Crippen LogP) is 6.25. The predicted molar refractivity (Wildman–Crippen MR) is 133 cm³/mol.